The van der Waals surface area contributed by atoms with Gasteiger partial charge in [-0.25, -0.2) is 0 Å². The van der Waals surface area contributed by atoms with E-state index in [-0.39, 0.29) is 17.7 Å². The lowest BCUT2D eigenvalue weighted by atomic mass is 10.0. The molecule has 1 aliphatic rings. The van der Waals surface area contributed by atoms with Gasteiger partial charge in [0.25, 0.3) is 5.91 Å². The zero-order valence-corrected chi connectivity index (χ0v) is 19.5. The maximum Gasteiger partial charge on any atom is 0.253 e. The van der Waals surface area contributed by atoms with Crippen molar-refractivity contribution in [2.45, 2.75) is 39.8 Å². The van der Waals surface area contributed by atoms with E-state index >= 15 is 0 Å². The summed E-state index contributed by atoms with van der Waals surface area (Å²) in [4.78, 5) is 25.7. The van der Waals surface area contributed by atoms with Gasteiger partial charge in [0.15, 0.2) is 0 Å². The minimum absolute atomic E-state index is 0.0155. The number of hydrogen-bond donors (Lipinski definition) is 2. The van der Waals surface area contributed by atoms with E-state index in [4.69, 9.17) is 0 Å². The number of carbonyl (C=O) groups is 2. The van der Waals surface area contributed by atoms with E-state index in [9.17, 15) is 9.59 Å². The molecule has 1 aromatic heterocycles. The summed E-state index contributed by atoms with van der Waals surface area (Å²) in [5, 5.41) is 12.7. The van der Waals surface area contributed by atoms with Crippen molar-refractivity contribution in [2.75, 3.05) is 5.32 Å². The van der Waals surface area contributed by atoms with Gasteiger partial charge in [0.05, 0.1) is 23.5 Å². The summed E-state index contributed by atoms with van der Waals surface area (Å²) in [6.07, 6.45) is 1.82. The molecule has 4 aromatic rings. The summed E-state index contributed by atoms with van der Waals surface area (Å²) in [7, 11) is 0. The monoisotopic (exact) mass is 452 g/mol. The number of hydrogen-bond acceptors (Lipinski definition) is 3. The topological polar surface area (TPSA) is 76.0 Å². The number of benzene rings is 3. The number of nitrogens with one attached hydrogen (secondary N) is 2. The molecule has 6 nitrogen and oxygen atoms in total. The van der Waals surface area contributed by atoms with Crippen molar-refractivity contribution >= 4 is 28.3 Å². The van der Waals surface area contributed by atoms with Gasteiger partial charge in [-0.15, -0.1) is 0 Å². The first-order chi connectivity index (χ1) is 16.5. The Kier molecular flexibility index (Phi) is 5.88. The van der Waals surface area contributed by atoms with Crippen LogP contribution in [0.4, 0.5) is 5.69 Å². The van der Waals surface area contributed by atoms with E-state index in [2.05, 4.69) is 27.9 Å². The van der Waals surface area contributed by atoms with Crippen LogP contribution in [0.1, 0.15) is 45.7 Å². The van der Waals surface area contributed by atoms with E-state index in [1.807, 2.05) is 73.1 Å². The average Bonchev–Trinajstić information content (AvgIpc) is 3.66. The molecule has 172 valence electrons. The van der Waals surface area contributed by atoms with Gasteiger partial charge in [-0.3, -0.25) is 14.3 Å². The van der Waals surface area contributed by atoms with Crippen LogP contribution in [-0.2, 0) is 17.9 Å². The molecule has 0 radical (unpaired) electrons. The Bertz CT molecular complexity index is 1370. The third-order valence-electron chi connectivity index (χ3n) is 6.47. The molecular weight excluding hydrogens is 424 g/mol. The quantitative estimate of drug-likeness (QED) is 0.415. The fourth-order valence-electron chi connectivity index (χ4n) is 4.28. The molecule has 3 aromatic carbocycles. The Morgan fingerprint density at radius 1 is 0.971 bits per heavy atom. The highest BCUT2D eigenvalue weighted by atomic mass is 16.2. The highest BCUT2D eigenvalue weighted by Crippen LogP contribution is 2.32. The number of amides is 2. The zero-order valence-electron chi connectivity index (χ0n) is 19.5. The van der Waals surface area contributed by atoms with Crippen LogP contribution in [0.3, 0.4) is 0 Å². The van der Waals surface area contributed by atoms with Crippen LogP contribution < -0.4 is 10.6 Å². The van der Waals surface area contributed by atoms with Crippen LogP contribution in [0.5, 0.6) is 0 Å². The highest BCUT2D eigenvalue weighted by molar-refractivity contribution is 6.08. The molecule has 1 saturated carbocycles. The van der Waals surface area contributed by atoms with Crippen LogP contribution >= 0.6 is 0 Å². The number of anilines is 1. The van der Waals surface area contributed by atoms with Crippen LogP contribution in [-0.4, -0.2) is 21.6 Å². The highest BCUT2D eigenvalue weighted by Gasteiger charge is 2.30. The summed E-state index contributed by atoms with van der Waals surface area (Å²) in [6.45, 7) is 5.05. The molecule has 1 fully saturated rings. The molecule has 0 saturated heterocycles. The van der Waals surface area contributed by atoms with Crippen molar-refractivity contribution in [1.82, 2.24) is 15.1 Å². The second-order valence-electron chi connectivity index (χ2n) is 8.98. The number of nitrogens with zero attached hydrogens (tertiary/aromatic N) is 2. The largest absolute Gasteiger partial charge is 0.348 e. The molecule has 1 aliphatic carbocycles. The Labute approximate surface area is 199 Å². The van der Waals surface area contributed by atoms with Gasteiger partial charge in [0, 0.05) is 23.7 Å². The minimum atomic E-state index is -0.216. The number of carbonyl (C=O) groups excluding carboxylic acids is 2. The maximum atomic E-state index is 13.3. The molecule has 1 heterocycles. The first-order valence-corrected chi connectivity index (χ1v) is 11.7. The minimum Gasteiger partial charge on any atom is -0.348 e. The molecule has 34 heavy (non-hydrogen) atoms. The van der Waals surface area contributed by atoms with Crippen LogP contribution in [0.2, 0.25) is 0 Å². The Morgan fingerprint density at radius 3 is 2.35 bits per heavy atom. The SMILES string of the molecule is Cc1nn(Cc2ccccc2)c(C)c1CNC(=O)c1cc2ccccc2cc1NC(=O)C1CC1. The molecule has 6 heteroatoms. The van der Waals surface area contributed by atoms with Crippen LogP contribution in [0, 0.1) is 19.8 Å². The molecular formula is C28H28N4O2. The summed E-state index contributed by atoms with van der Waals surface area (Å²) in [5.74, 6) is -0.173. The molecule has 0 unspecified atom stereocenters. The smallest absolute Gasteiger partial charge is 0.253 e. The van der Waals surface area contributed by atoms with Gasteiger partial charge >= 0.3 is 0 Å². The summed E-state index contributed by atoms with van der Waals surface area (Å²) >= 11 is 0. The van der Waals surface area contributed by atoms with Gasteiger partial charge in [0.1, 0.15) is 0 Å². The number of aryl methyl sites for hydroxylation is 1. The molecule has 2 N–H and O–H groups in total. The van der Waals surface area contributed by atoms with Crippen molar-refractivity contribution in [3.05, 3.63) is 94.8 Å². The number of fused-ring (bicyclic) bond motifs is 1. The predicted molar refractivity (Wildman–Crippen MR) is 134 cm³/mol. The fraction of sp³-hybridized carbons (Fsp3) is 0.250. The number of rotatable bonds is 7. The molecule has 0 atom stereocenters. The van der Waals surface area contributed by atoms with Crippen molar-refractivity contribution in [1.29, 1.82) is 0 Å². The van der Waals surface area contributed by atoms with Crippen LogP contribution in [0.15, 0.2) is 66.7 Å². The van der Waals surface area contributed by atoms with Crippen molar-refractivity contribution in [2.24, 2.45) is 5.92 Å². The average molecular weight is 453 g/mol. The number of aromatic nitrogens is 2. The van der Waals surface area contributed by atoms with E-state index in [1.54, 1.807) is 0 Å². The van der Waals surface area contributed by atoms with E-state index in [0.29, 0.717) is 24.3 Å². The lowest BCUT2D eigenvalue weighted by Gasteiger charge is -2.13. The Balaban J connectivity index is 1.37. The third-order valence-corrected chi connectivity index (χ3v) is 6.47. The zero-order chi connectivity index (χ0) is 23.7. The van der Waals surface area contributed by atoms with Gasteiger partial charge in [-0.2, -0.15) is 5.10 Å². The van der Waals surface area contributed by atoms with Crippen molar-refractivity contribution in [3.63, 3.8) is 0 Å². The fourth-order valence-corrected chi connectivity index (χ4v) is 4.28. The predicted octanol–water partition coefficient (Wildman–Crippen LogP) is 4.98. The summed E-state index contributed by atoms with van der Waals surface area (Å²) in [6, 6.07) is 21.8. The lowest BCUT2D eigenvalue weighted by Crippen LogP contribution is -2.25. The van der Waals surface area contributed by atoms with Gasteiger partial charge in [-0.05, 0) is 55.2 Å². The van der Waals surface area contributed by atoms with Crippen molar-refractivity contribution in [3.8, 4) is 0 Å². The van der Waals surface area contributed by atoms with Crippen molar-refractivity contribution < 1.29 is 9.59 Å². The van der Waals surface area contributed by atoms with E-state index in [0.717, 1.165) is 40.6 Å². The van der Waals surface area contributed by atoms with Gasteiger partial charge in [-0.1, -0.05) is 54.6 Å². The normalized spacial score (nSPS) is 13.1. The second-order valence-corrected chi connectivity index (χ2v) is 8.98. The molecule has 0 aliphatic heterocycles. The van der Waals surface area contributed by atoms with E-state index in [1.165, 1.54) is 5.56 Å². The molecule has 0 bridgehead atoms. The Hall–Kier alpha value is -3.93. The molecule has 5 rings (SSSR count). The maximum absolute atomic E-state index is 13.3. The lowest BCUT2D eigenvalue weighted by molar-refractivity contribution is -0.117. The summed E-state index contributed by atoms with van der Waals surface area (Å²) in [5.41, 5.74) is 5.14. The molecule has 2 amide bonds. The van der Waals surface area contributed by atoms with E-state index < -0.39 is 0 Å². The van der Waals surface area contributed by atoms with Gasteiger partial charge < -0.3 is 10.6 Å². The van der Waals surface area contributed by atoms with Gasteiger partial charge in [0.2, 0.25) is 5.91 Å². The third kappa shape index (κ3) is 4.57. The van der Waals surface area contributed by atoms with Crippen LogP contribution in [0.25, 0.3) is 10.8 Å². The Morgan fingerprint density at radius 2 is 1.65 bits per heavy atom. The molecule has 0 spiro atoms. The second kappa shape index (κ2) is 9.14. The first kappa shape index (κ1) is 21.9. The first-order valence-electron chi connectivity index (χ1n) is 11.7. The standard InChI is InChI=1S/C28H28N4O2/c1-18-25(19(2)32(31-18)17-20-8-4-3-5-9-20)16-29-28(34)24-14-22-10-6-7-11-23(22)15-26(24)30-27(33)21-12-13-21/h3-11,14-15,21H,12-13,16-17H2,1-2H3,(H,29,34)(H,30,33). The summed E-state index contributed by atoms with van der Waals surface area (Å²) < 4.78 is 1.98.